The molecule has 0 aromatic heterocycles. The van der Waals surface area contributed by atoms with Gasteiger partial charge in [0.1, 0.15) is 0 Å². The van der Waals surface area contributed by atoms with Gasteiger partial charge in [-0.3, -0.25) is 4.79 Å². The number of fused-ring (bicyclic) bond motifs is 1. The van der Waals surface area contributed by atoms with E-state index in [9.17, 15) is 4.79 Å². The Morgan fingerprint density at radius 2 is 2.10 bits per heavy atom. The van der Waals surface area contributed by atoms with Gasteiger partial charge in [0.15, 0.2) is 11.5 Å². The summed E-state index contributed by atoms with van der Waals surface area (Å²) in [6.07, 6.45) is 2.69. The highest BCUT2D eigenvalue weighted by Gasteiger charge is 2.31. The summed E-state index contributed by atoms with van der Waals surface area (Å²) in [7, 11) is 0. The zero-order chi connectivity index (χ0) is 13.2. The van der Waals surface area contributed by atoms with Crippen LogP contribution >= 0.6 is 12.4 Å². The van der Waals surface area contributed by atoms with Crippen molar-refractivity contribution in [3.63, 3.8) is 0 Å². The van der Waals surface area contributed by atoms with Crippen molar-refractivity contribution < 1.29 is 14.3 Å². The zero-order valence-corrected chi connectivity index (χ0v) is 11.9. The molecule has 1 heterocycles. The lowest BCUT2D eigenvalue weighted by Crippen LogP contribution is -2.42. The summed E-state index contributed by atoms with van der Waals surface area (Å²) in [5.41, 5.74) is 6.60. The Labute approximate surface area is 124 Å². The number of ether oxygens (including phenoxy) is 2. The van der Waals surface area contributed by atoms with E-state index in [1.807, 2.05) is 18.2 Å². The second-order valence-electron chi connectivity index (χ2n) is 5.11. The van der Waals surface area contributed by atoms with E-state index < -0.39 is 0 Å². The van der Waals surface area contributed by atoms with E-state index in [-0.39, 0.29) is 31.1 Å². The first-order valence-electron chi connectivity index (χ1n) is 6.64. The van der Waals surface area contributed by atoms with Crippen molar-refractivity contribution in [2.45, 2.75) is 25.3 Å². The third-order valence-electron chi connectivity index (χ3n) is 3.59. The van der Waals surface area contributed by atoms with E-state index in [0.29, 0.717) is 24.6 Å². The molecule has 0 saturated heterocycles. The first-order chi connectivity index (χ1) is 9.26. The van der Waals surface area contributed by atoms with Crippen molar-refractivity contribution in [3.8, 4) is 11.5 Å². The van der Waals surface area contributed by atoms with Gasteiger partial charge in [-0.15, -0.1) is 12.4 Å². The largest absolute Gasteiger partial charge is 0.454 e. The molecule has 1 aromatic carbocycles. The van der Waals surface area contributed by atoms with E-state index in [2.05, 4.69) is 5.32 Å². The standard InChI is InChI=1S/C14H18N2O3.ClH/c15-7-11(10-2-3-10)16-14(17)6-9-1-4-12-13(5-9)19-8-18-12;/h1,4-5,10-11H,2-3,6-8,15H2,(H,16,17);1H. The van der Waals surface area contributed by atoms with Crippen LogP contribution in [0, 0.1) is 5.92 Å². The number of carbonyl (C=O) groups is 1. The first kappa shape index (κ1) is 14.9. The topological polar surface area (TPSA) is 73.6 Å². The molecule has 110 valence electrons. The second-order valence-corrected chi connectivity index (χ2v) is 5.11. The monoisotopic (exact) mass is 298 g/mol. The molecule has 2 aliphatic rings. The van der Waals surface area contributed by atoms with Crippen LogP contribution in [0.1, 0.15) is 18.4 Å². The highest BCUT2D eigenvalue weighted by atomic mass is 35.5. The molecule has 1 unspecified atom stereocenters. The highest BCUT2D eigenvalue weighted by molar-refractivity contribution is 5.85. The van der Waals surface area contributed by atoms with Crippen molar-refractivity contribution in [2.75, 3.05) is 13.3 Å². The molecule has 1 aliphatic carbocycles. The van der Waals surface area contributed by atoms with Crippen LogP contribution in [0.25, 0.3) is 0 Å². The molecule has 3 rings (SSSR count). The quantitative estimate of drug-likeness (QED) is 0.857. The molecular weight excluding hydrogens is 280 g/mol. The molecule has 0 radical (unpaired) electrons. The van der Waals surface area contributed by atoms with Gasteiger partial charge in [-0.1, -0.05) is 6.07 Å². The van der Waals surface area contributed by atoms with Crippen LogP contribution in [0.15, 0.2) is 18.2 Å². The van der Waals surface area contributed by atoms with Gasteiger partial charge in [0, 0.05) is 12.6 Å². The second kappa shape index (κ2) is 6.33. The number of benzene rings is 1. The van der Waals surface area contributed by atoms with Gasteiger partial charge in [0.25, 0.3) is 0 Å². The summed E-state index contributed by atoms with van der Waals surface area (Å²) in [5.74, 6) is 2.04. The lowest BCUT2D eigenvalue weighted by Gasteiger charge is -2.16. The summed E-state index contributed by atoms with van der Waals surface area (Å²) in [5, 5.41) is 3.01. The number of rotatable bonds is 5. The molecule has 0 spiro atoms. The normalized spacial score (nSPS) is 17.2. The van der Waals surface area contributed by atoms with Gasteiger partial charge in [-0.25, -0.2) is 0 Å². The van der Waals surface area contributed by atoms with Gasteiger partial charge in [0.2, 0.25) is 12.7 Å². The van der Waals surface area contributed by atoms with E-state index in [1.54, 1.807) is 0 Å². The summed E-state index contributed by atoms with van der Waals surface area (Å²) in [4.78, 5) is 12.0. The van der Waals surface area contributed by atoms with E-state index >= 15 is 0 Å². The average molecular weight is 299 g/mol. The smallest absolute Gasteiger partial charge is 0.231 e. The Morgan fingerprint density at radius 1 is 1.35 bits per heavy atom. The minimum Gasteiger partial charge on any atom is -0.454 e. The van der Waals surface area contributed by atoms with Crippen molar-refractivity contribution in [2.24, 2.45) is 11.7 Å². The molecule has 5 nitrogen and oxygen atoms in total. The SMILES string of the molecule is Cl.NCC(NC(=O)Cc1ccc2c(c1)OCO2)C1CC1. The van der Waals surface area contributed by atoms with Crippen LogP contribution in [0.5, 0.6) is 11.5 Å². The van der Waals surface area contributed by atoms with E-state index in [4.69, 9.17) is 15.2 Å². The minimum atomic E-state index is 0. The maximum Gasteiger partial charge on any atom is 0.231 e. The third-order valence-corrected chi connectivity index (χ3v) is 3.59. The van der Waals surface area contributed by atoms with E-state index in [1.165, 1.54) is 12.8 Å². The summed E-state index contributed by atoms with van der Waals surface area (Å²) < 4.78 is 10.5. The number of hydrogen-bond donors (Lipinski definition) is 2. The summed E-state index contributed by atoms with van der Waals surface area (Å²) in [6.45, 7) is 0.763. The Kier molecular flexibility index (Phi) is 4.73. The lowest BCUT2D eigenvalue weighted by molar-refractivity contribution is -0.121. The molecular formula is C14H19ClN2O3. The molecule has 6 heteroatoms. The number of amides is 1. The van der Waals surface area contributed by atoms with Gasteiger partial charge >= 0.3 is 0 Å². The fraction of sp³-hybridized carbons (Fsp3) is 0.500. The van der Waals surface area contributed by atoms with Crippen molar-refractivity contribution in [1.82, 2.24) is 5.32 Å². The summed E-state index contributed by atoms with van der Waals surface area (Å²) in [6, 6.07) is 5.71. The maximum absolute atomic E-state index is 12.0. The Hall–Kier alpha value is -1.46. The maximum atomic E-state index is 12.0. The van der Waals surface area contributed by atoms with Crippen molar-refractivity contribution in [3.05, 3.63) is 23.8 Å². The number of hydrogen-bond acceptors (Lipinski definition) is 4. The first-order valence-corrected chi connectivity index (χ1v) is 6.64. The van der Waals surface area contributed by atoms with Gasteiger partial charge < -0.3 is 20.5 Å². The average Bonchev–Trinajstić information content (AvgIpc) is 3.14. The van der Waals surface area contributed by atoms with Crippen LogP contribution in [0.2, 0.25) is 0 Å². The van der Waals surface area contributed by atoms with Crippen LogP contribution in [-0.4, -0.2) is 25.3 Å². The molecule has 1 amide bonds. The molecule has 3 N–H and O–H groups in total. The summed E-state index contributed by atoms with van der Waals surface area (Å²) >= 11 is 0. The van der Waals surface area contributed by atoms with Crippen LogP contribution in [-0.2, 0) is 11.2 Å². The third kappa shape index (κ3) is 3.35. The minimum absolute atomic E-state index is 0. The number of carbonyl (C=O) groups excluding carboxylic acids is 1. The molecule has 1 saturated carbocycles. The molecule has 0 bridgehead atoms. The Morgan fingerprint density at radius 3 is 2.80 bits per heavy atom. The molecule has 20 heavy (non-hydrogen) atoms. The van der Waals surface area contributed by atoms with Crippen LogP contribution in [0.3, 0.4) is 0 Å². The number of halogens is 1. The Balaban J connectivity index is 0.00000147. The van der Waals surface area contributed by atoms with Gasteiger partial charge in [-0.05, 0) is 36.5 Å². The molecule has 1 aromatic rings. The predicted molar refractivity (Wildman–Crippen MR) is 77.2 cm³/mol. The molecule has 1 fully saturated rings. The number of nitrogens with one attached hydrogen (secondary N) is 1. The highest BCUT2D eigenvalue weighted by Crippen LogP contribution is 2.33. The molecule has 1 atom stereocenters. The number of nitrogens with two attached hydrogens (primary N) is 1. The van der Waals surface area contributed by atoms with E-state index in [0.717, 1.165) is 11.3 Å². The fourth-order valence-electron chi connectivity index (χ4n) is 2.36. The Bertz CT molecular complexity index is 491. The lowest BCUT2D eigenvalue weighted by atomic mass is 10.1. The van der Waals surface area contributed by atoms with Crippen LogP contribution < -0.4 is 20.5 Å². The fourth-order valence-corrected chi connectivity index (χ4v) is 2.36. The van der Waals surface area contributed by atoms with Crippen molar-refractivity contribution in [1.29, 1.82) is 0 Å². The van der Waals surface area contributed by atoms with Crippen molar-refractivity contribution >= 4 is 18.3 Å². The predicted octanol–water partition coefficient (Wildman–Crippen LogP) is 1.23. The molecule has 1 aliphatic heterocycles. The van der Waals surface area contributed by atoms with Crippen LogP contribution in [0.4, 0.5) is 0 Å². The zero-order valence-electron chi connectivity index (χ0n) is 11.1. The van der Waals surface area contributed by atoms with Gasteiger partial charge in [-0.2, -0.15) is 0 Å². The van der Waals surface area contributed by atoms with Gasteiger partial charge in [0.05, 0.1) is 6.42 Å².